The molecule has 1 aliphatic heterocycles. The zero-order chi connectivity index (χ0) is 20.3. The van der Waals surface area contributed by atoms with E-state index in [0.717, 1.165) is 54.8 Å². The van der Waals surface area contributed by atoms with Crippen LogP contribution < -0.4 is 5.32 Å². The molecule has 0 spiro atoms. The van der Waals surface area contributed by atoms with Gasteiger partial charge in [-0.2, -0.15) is 0 Å². The van der Waals surface area contributed by atoms with Crippen LogP contribution in [0.1, 0.15) is 44.9 Å². The summed E-state index contributed by atoms with van der Waals surface area (Å²) in [5.41, 5.74) is 1.21. The first-order valence-corrected chi connectivity index (χ1v) is 11.9. The zero-order valence-electron chi connectivity index (χ0n) is 17.2. The topological polar surface area (TPSA) is 58.1 Å². The normalized spacial score (nSPS) is 18.6. The van der Waals surface area contributed by atoms with Gasteiger partial charge in [-0.25, -0.2) is 9.97 Å². The number of piperidine rings is 1. The molecule has 0 bridgehead atoms. The summed E-state index contributed by atoms with van der Waals surface area (Å²) >= 11 is 1.70. The molecule has 0 atom stereocenters. The van der Waals surface area contributed by atoms with E-state index in [-0.39, 0.29) is 5.92 Å². The number of hydrogen-bond acceptors (Lipinski definition) is 5. The molecule has 0 unspecified atom stereocenters. The summed E-state index contributed by atoms with van der Waals surface area (Å²) in [6, 6.07) is 13.0. The minimum atomic E-state index is 0.270. The number of aromatic nitrogens is 2. The minimum absolute atomic E-state index is 0.270. The molecule has 3 aromatic rings. The van der Waals surface area contributed by atoms with Gasteiger partial charge in [-0.3, -0.25) is 4.79 Å². The highest BCUT2D eigenvalue weighted by molar-refractivity contribution is 7.21. The highest BCUT2D eigenvalue weighted by Crippen LogP contribution is 2.35. The molecule has 5 nitrogen and oxygen atoms in total. The van der Waals surface area contributed by atoms with Gasteiger partial charge < -0.3 is 10.2 Å². The second-order valence-electron chi connectivity index (χ2n) is 8.50. The van der Waals surface area contributed by atoms with Crippen molar-refractivity contribution in [2.24, 2.45) is 5.92 Å². The first kappa shape index (κ1) is 19.5. The number of likely N-dealkylation sites (tertiary alicyclic amines) is 1. The van der Waals surface area contributed by atoms with Crippen molar-refractivity contribution >= 4 is 33.3 Å². The van der Waals surface area contributed by atoms with E-state index in [1.807, 2.05) is 6.07 Å². The molecule has 1 saturated heterocycles. The van der Waals surface area contributed by atoms with Gasteiger partial charge in [0.2, 0.25) is 5.91 Å². The van der Waals surface area contributed by atoms with Crippen LogP contribution in [0.2, 0.25) is 0 Å². The number of amides is 1. The number of carbonyl (C=O) groups is 1. The molecule has 1 saturated carbocycles. The fraction of sp³-hybridized carbons (Fsp3) is 0.458. The van der Waals surface area contributed by atoms with E-state index in [0.29, 0.717) is 11.9 Å². The van der Waals surface area contributed by atoms with Crippen molar-refractivity contribution in [1.29, 1.82) is 0 Å². The minimum Gasteiger partial charge on any atom is -0.367 e. The Morgan fingerprint density at radius 3 is 2.53 bits per heavy atom. The Bertz CT molecular complexity index is 1000. The van der Waals surface area contributed by atoms with Crippen molar-refractivity contribution in [1.82, 2.24) is 14.9 Å². The molecule has 156 valence electrons. The average molecular weight is 421 g/mol. The lowest BCUT2D eigenvalue weighted by Gasteiger charge is -2.35. The Morgan fingerprint density at radius 2 is 1.77 bits per heavy atom. The average Bonchev–Trinajstić information content (AvgIpc) is 3.26. The number of benzene rings is 1. The van der Waals surface area contributed by atoms with E-state index in [2.05, 4.69) is 50.5 Å². The number of hydrogen-bond donors (Lipinski definition) is 1. The largest absolute Gasteiger partial charge is 0.367 e. The van der Waals surface area contributed by atoms with E-state index in [9.17, 15) is 4.79 Å². The van der Waals surface area contributed by atoms with Crippen LogP contribution in [-0.2, 0) is 4.79 Å². The predicted octanol–water partition coefficient (Wildman–Crippen LogP) is 5.34. The van der Waals surface area contributed by atoms with Gasteiger partial charge in [-0.05, 0) is 37.3 Å². The van der Waals surface area contributed by atoms with Gasteiger partial charge in [0.15, 0.2) is 0 Å². The Morgan fingerprint density at radius 1 is 1.00 bits per heavy atom. The molecule has 2 fully saturated rings. The van der Waals surface area contributed by atoms with Crippen LogP contribution in [-0.4, -0.2) is 39.9 Å². The maximum Gasteiger partial charge on any atom is 0.225 e. The molecule has 5 rings (SSSR count). The Hall–Kier alpha value is -2.47. The molecule has 30 heavy (non-hydrogen) atoms. The fourth-order valence-corrected chi connectivity index (χ4v) is 5.76. The lowest BCUT2D eigenvalue weighted by molar-refractivity contribution is -0.137. The summed E-state index contributed by atoms with van der Waals surface area (Å²) in [5.74, 6) is 1.57. The molecule has 1 aromatic carbocycles. The summed E-state index contributed by atoms with van der Waals surface area (Å²) in [5, 5.41) is 4.73. The summed E-state index contributed by atoms with van der Waals surface area (Å²) in [6.45, 7) is 1.69. The number of nitrogens with one attached hydrogen (secondary N) is 1. The Kier molecular flexibility index (Phi) is 5.67. The number of fused-ring (bicyclic) bond motifs is 1. The third-order valence-corrected chi connectivity index (χ3v) is 7.58. The lowest BCUT2D eigenvalue weighted by Crippen LogP contribution is -2.45. The molecule has 1 amide bonds. The van der Waals surface area contributed by atoms with Crippen molar-refractivity contribution in [3.8, 4) is 10.4 Å². The first-order valence-electron chi connectivity index (χ1n) is 11.1. The molecular formula is C24H28N4OS. The van der Waals surface area contributed by atoms with E-state index >= 15 is 0 Å². The number of carbonyl (C=O) groups excluding carboxylic acids is 1. The third kappa shape index (κ3) is 4.06. The van der Waals surface area contributed by atoms with Crippen LogP contribution in [0, 0.1) is 5.92 Å². The van der Waals surface area contributed by atoms with Crippen LogP contribution in [0.15, 0.2) is 42.7 Å². The van der Waals surface area contributed by atoms with Gasteiger partial charge in [-0.1, -0.05) is 49.6 Å². The maximum atomic E-state index is 12.8. The highest BCUT2D eigenvalue weighted by atomic mass is 32.1. The second kappa shape index (κ2) is 8.72. The number of rotatable bonds is 4. The van der Waals surface area contributed by atoms with E-state index in [1.165, 1.54) is 29.7 Å². The maximum absolute atomic E-state index is 12.8. The number of thiophene rings is 1. The van der Waals surface area contributed by atoms with Crippen LogP contribution in [0.4, 0.5) is 5.82 Å². The van der Waals surface area contributed by atoms with Crippen molar-refractivity contribution in [2.75, 3.05) is 18.4 Å². The van der Waals surface area contributed by atoms with Crippen LogP contribution in [0.3, 0.4) is 0 Å². The van der Waals surface area contributed by atoms with Crippen molar-refractivity contribution in [3.05, 3.63) is 42.7 Å². The molecule has 1 N–H and O–H groups in total. The SMILES string of the molecule is O=C(C1CCCCC1)N1CCC(Nc2ncnc3sc(-c4ccccc4)cc23)CC1. The predicted molar refractivity (Wildman–Crippen MR) is 123 cm³/mol. The van der Waals surface area contributed by atoms with E-state index < -0.39 is 0 Å². The van der Waals surface area contributed by atoms with E-state index in [1.54, 1.807) is 17.7 Å². The Balaban J connectivity index is 1.25. The molecule has 6 heteroatoms. The van der Waals surface area contributed by atoms with Gasteiger partial charge in [0, 0.05) is 29.9 Å². The van der Waals surface area contributed by atoms with Crippen molar-refractivity contribution in [3.63, 3.8) is 0 Å². The summed E-state index contributed by atoms with van der Waals surface area (Å²) in [7, 11) is 0. The molecular weight excluding hydrogens is 392 g/mol. The molecule has 2 aromatic heterocycles. The van der Waals surface area contributed by atoms with Gasteiger partial charge in [0.05, 0.1) is 5.39 Å². The Labute approximate surface area is 181 Å². The standard InChI is InChI=1S/C24H28N4OS/c29-24(18-9-5-2-6-10-18)28-13-11-19(12-14-28)27-22-20-15-21(17-7-3-1-4-8-17)30-23(20)26-16-25-22/h1,3-4,7-8,15-16,18-19H,2,5-6,9-14H2,(H,25,26,27). The van der Waals surface area contributed by atoms with Crippen molar-refractivity contribution < 1.29 is 4.79 Å². The zero-order valence-corrected chi connectivity index (χ0v) is 18.0. The number of anilines is 1. The molecule has 1 aliphatic carbocycles. The summed E-state index contributed by atoms with van der Waals surface area (Å²) < 4.78 is 0. The van der Waals surface area contributed by atoms with Crippen LogP contribution in [0.5, 0.6) is 0 Å². The monoisotopic (exact) mass is 420 g/mol. The van der Waals surface area contributed by atoms with Gasteiger partial charge in [-0.15, -0.1) is 11.3 Å². The first-order chi connectivity index (χ1) is 14.8. The van der Waals surface area contributed by atoms with Crippen LogP contribution in [0.25, 0.3) is 20.7 Å². The van der Waals surface area contributed by atoms with Gasteiger partial charge in [0.25, 0.3) is 0 Å². The van der Waals surface area contributed by atoms with Crippen LogP contribution >= 0.6 is 11.3 Å². The van der Waals surface area contributed by atoms with Gasteiger partial charge >= 0.3 is 0 Å². The molecule has 0 radical (unpaired) electrons. The van der Waals surface area contributed by atoms with Gasteiger partial charge in [0.1, 0.15) is 17.0 Å². The second-order valence-corrected chi connectivity index (χ2v) is 9.53. The molecule has 2 aliphatic rings. The summed E-state index contributed by atoms with van der Waals surface area (Å²) in [4.78, 5) is 26.2. The molecule has 3 heterocycles. The van der Waals surface area contributed by atoms with E-state index in [4.69, 9.17) is 0 Å². The highest BCUT2D eigenvalue weighted by Gasteiger charge is 2.29. The number of nitrogens with zero attached hydrogens (tertiary/aromatic N) is 3. The quantitative estimate of drug-likeness (QED) is 0.619. The van der Waals surface area contributed by atoms with Crippen molar-refractivity contribution in [2.45, 2.75) is 51.0 Å². The smallest absolute Gasteiger partial charge is 0.225 e. The third-order valence-electron chi connectivity index (χ3n) is 6.49. The summed E-state index contributed by atoms with van der Waals surface area (Å²) in [6.07, 6.45) is 9.47. The lowest BCUT2D eigenvalue weighted by atomic mass is 9.87. The fourth-order valence-electron chi connectivity index (χ4n) is 4.76.